The van der Waals surface area contributed by atoms with E-state index in [1.807, 2.05) is 19.6 Å². The first-order valence-electron chi connectivity index (χ1n) is 6.07. The second-order valence-electron chi connectivity index (χ2n) is 5.72. The van der Waals surface area contributed by atoms with E-state index in [4.69, 9.17) is 23.7 Å². The molecule has 0 aromatic rings. The fraction of sp³-hybridized carbons (Fsp3) is 0.917. The van der Waals surface area contributed by atoms with E-state index in [1.165, 1.54) is 21.3 Å². The molecule has 0 N–H and O–H groups in total. The van der Waals surface area contributed by atoms with Crippen LogP contribution in [0, 0.1) is 0 Å². The third kappa shape index (κ3) is 6.00. The van der Waals surface area contributed by atoms with Crippen molar-refractivity contribution in [3.63, 3.8) is 0 Å². The second-order valence-corrected chi connectivity index (χ2v) is 10.1. The smallest absolute Gasteiger partial charge is 0.341 e. The number of carbonyl (C=O) groups excluding carboxylic acids is 1. The minimum absolute atomic E-state index is 0.143. The third-order valence-electron chi connectivity index (χ3n) is 2.61. The quantitative estimate of drug-likeness (QED) is 0.225. The van der Waals surface area contributed by atoms with Crippen molar-refractivity contribution in [1.29, 1.82) is 0 Å². The Balaban J connectivity index is 5.03. The molecule has 1 atom stereocenters. The zero-order chi connectivity index (χ0) is 15.3. The van der Waals surface area contributed by atoms with Crippen molar-refractivity contribution in [3.8, 4) is 0 Å². The molecule has 1 unspecified atom stereocenters. The fourth-order valence-corrected chi connectivity index (χ4v) is 1.84. The van der Waals surface area contributed by atoms with Crippen LogP contribution in [-0.4, -0.2) is 47.0 Å². The molecular formula is C12H26O6Si. The lowest BCUT2D eigenvalue weighted by Gasteiger charge is -2.35. The highest BCUT2D eigenvalue weighted by molar-refractivity contribution is 6.69. The van der Waals surface area contributed by atoms with Crippen LogP contribution in [0.15, 0.2) is 0 Å². The summed E-state index contributed by atoms with van der Waals surface area (Å²) in [7, 11) is 2.37. The van der Waals surface area contributed by atoms with Crippen molar-refractivity contribution in [1.82, 2.24) is 0 Å². The highest BCUT2D eigenvalue weighted by Gasteiger charge is 2.45. The van der Waals surface area contributed by atoms with Crippen molar-refractivity contribution >= 4 is 14.3 Å². The van der Waals surface area contributed by atoms with Gasteiger partial charge in [-0.1, -0.05) is 0 Å². The molecular weight excluding hydrogens is 268 g/mol. The van der Waals surface area contributed by atoms with E-state index in [2.05, 4.69) is 0 Å². The summed E-state index contributed by atoms with van der Waals surface area (Å²) in [5, 5.41) is 0. The predicted octanol–water partition coefficient (Wildman–Crippen LogP) is 2.10. The van der Waals surface area contributed by atoms with Gasteiger partial charge < -0.3 is 14.2 Å². The van der Waals surface area contributed by atoms with E-state index in [0.29, 0.717) is 0 Å². The molecule has 0 amide bonds. The predicted molar refractivity (Wildman–Crippen MR) is 73.0 cm³/mol. The van der Waals surface area contributed by atoms with Gasteiger partial charge in [-0.25, -0.2) is 9.68 Å². The highest BCUT2D eigenvalue weighted by Crippen LogP contribution is 2.29. The van der Waals surface area contributed by atoms with Crippen LogP contribution in [-0.2, 0) is 28.5 Å². The lowest BCUT2D eigenvalue weighted by molar-refractivity contribution is -0.319. The number of hydrogen-bond acceptors (Lipinski definition) is 6. The largest absolute Gasteiger partial charge is 0.467 e. The Morgan fingerprint density at radius 2 is 1.53 bits per heavy atom. The van der Waals surface area contributed by atoms with Gasteiger partial charge in [0, 0.05) is 20.6 Å². The zero-order valence-electron chi connectivity index (χ0n) is 13.2. The first-order chi connectivity index (χ1) is 8.52. The summed E-state index contributed by atoms with van der Waals surface area (Å²) in [5.41, 5.74) is -1.30. The third-order valence-corrected chi connectivity index (χ3v) is 3.20. The Kier molecular flexibility index (Phi) is 6.63. The minimum atomic E-state index is -1.93. The number of ether oxygens (including phenoxy) is 3. The van der Waals surface area contributed by atoms with E-state index in [-0.39, 0.29) is 6.42 Å². The van der Waals surface area contributed by atoms with E-state index < -0.39 is 25.7 Å². The van der Waals surface area contributed by atoms with Crippen molar-refractivity contribution in [2.24, 2.45) is 0 Å². The Labute approximate surface area is 116 Å². The molecule has 0 fully saturated rings. The Morgan fingerprint density at radius 3 is 1.84 bits per heavy atom. The molecule has 0 spiro atoms. The standard InChI is InChI=1S/C12H26O6Si/c1-11(10(13)14-3,17-18-19(6,7)8)9-12(2,15-4)16-5/h9H2,1-8H3. The molecule has 0 rings (SSSR count). The van der Waals surface area contributed by atoms with Crippen LogP contribution >= 0.6 is 0 Å². The molecule has 7 heteroatoms. The molecule has 0 saturated carbocycles. The average Bonchev–Trinajstić information content (AvgIpc) is 2.34. The molecule has 0 aliphatic rings. The number of methoxy groups -OCH3 is 3. The molecule has 0 heterocycles. The molecule has 0 aliphatic carbocycles. The topological polar surface area (TPSA) is 63.2 Å². The minimum Gasteiger partial charge on any atom is -0.467 e. The van der Waals surface area contributed by atoms with Crippen LogP contribution in [0.5, 0.6) is 0 Å². The SMILES string of the molecule is COC(=O)C(C)(CC(C)(OC)OC)OO[Si](C)(C)C. The summed E-state index contributed by atoms with van der Waals surface area (Å²) >= 11 is 0. The molecule has 114 valence electrons. The maximum absolute atomic E-state index is 11.9. The average molecular weight is 294 g/mol. The van der Waals surface area contributed by atoms with Gasteiger partial charge in [-0.05, 0) is 33.5 Å². The van der Waals surface area contributed by atoms with Gasteiger partial charge in [0.05, 0.1) is 7.11 Å². The Bertz CT molecular complexity index is 297. The second kappa shape index (κ2) is 6.80. The zero-order valence-corrected chi connectivity index (χ0v) is 14.2. The van der Waals surface area contributed by atoms with Gasteiger partial charge in [-0.15, -0.1) is 0 Å². The summed E-state index contributed by atoms with van der Waals surface area (Å²) in [6.07, 6.45) is 0.143. The Hall–Kier alpha value is -0.473. The maximum Gasteiger partial charge on any atom is 0.341 e. The number of rotatable bonds is 8. The molecule has 19 heavy (non-hydrogen) atoms. The van der Waals surface area contributed by atoms with Crippen molar-refractivity contribution < 1.29 is 28.5 Å². The van der Waals surface area contributed by atoms with Crippen LogP contribution in [0.25, 0.3) is 0 Å². The van der Waals surface area contributed by atoms with E-state index in [0.717, 1.165) is 0 Å². The van der Waals surface area contributed by atoms with Gasteiger partial charge >= 0.3 is 5.97 Å². The van der Waals surface area contributed by atoms with Gasteiger partial charge in [0.15, 0.2) is 5.79 Å². The van der Waals surface area contributed by atoms with Crippen LogP contribution in [0.3, 0.4) is 0 Å². The number of carbonyl (C=O) groups is 1. The van der Waals surface area contributed by atoms with Crippen molar-refractivity contribution in [3.05, 3.63) is 0 Å². The fourth-order valence-electron chi connectivity index (χ4n) is 1.41. The van der Waals surface area contributed by atoms with E-state index in [1.54, 1.807) is 13.8 Å². The van der Waals surface area contributed by atoms with Gasteiger partial charge in [0.1, 0.15) is 0 Å². The van der Waals surface area contributed by atoms with Crippen LogP contribution in [0.1, 0.15) is 20.3 Å². The summed E-state index contributed by atoms with van der Waals surface area (Å²) in [6.45, 7) is 9.17. The van der Waals surface area contributed by atoms with Gasteiger partial charge in [0.25, 0.3) is 0 Å². The van der Waals surface area contributed by atoms with E-state index in [9.17, 15) is 4.79 Å². The first-order valence-corrected chi connectivity index (χ1v) is 9.48. The summed E-state index contributed by atoms with van der Waals surface area (Å²) in [4.78, 5) is 17.3. The van der Waals surface area contributed by atoms with Gasteiger partial charge in [-0.3, -0.25) is 4.58 Å². The summed E-state index contributed by atoms with van der Waals surface area (Å²) < 4.78 is 20.7. The molecule has 0 saturated heterocycles. The van der Waals surface area contributed by atoms with Crippen LogP contribution in [0.4, 0.5) is 0 Å². The lowest BCUT2D eigenvalue weighted by atomic mass is 9.97. The Morgan fingerprint density at radius 1 is 1.05 bits per heavy atom. The van der Waals surface area contributed by atoms with Crippen LogP contribution in [0.2, 0.25) is 19.6 Å². The van der Waals surface area contributed by atoms with Gasteiger partial charge in [0.2, 0.25) is 13.9 Å². The molecule has 0 aromatic heterocycles. The summed E-state index contributed by atoms with van der Waals surface area (Å²) in [5.74, 6) is -1.50. The lowest BCUT2D eigenvalue weighted by Crippen LogP contribution is -2.49. The summed E-state index contributed by atoms with van der Waals surface area (Å²) in [6, 6.07) is 0. The molecule has 0 bridgehead atoms. The molecule has 0 radical (unpaired) electrons. The normalized spacial score (nSPS) is 16.0. The van der Waals surface area contributed by atoms with Crippen molar-refractivity contribution in [2.75, 3.05) is 21.3 Å². The van der Waals surface area contributed by atoms with Gasteiger partial charge in [-0.2, -0.15) is 0 Å². The highest BCUT2D eigenvalue weighted by atomic mass is 28.4. The molecule has 0 aromatic carbocycles. The molecule has 0 aliphatic heterocycles. The van der Waals surface area contributed by atoms with E-state index >= 15 is 0 Å². The number of esters is 1. The van der Waals surface area contributed by atoms with Crippen LogP contribution < -0.4 is 0 Å². The number of hydrogen-bond donors (Lipinski definition) is 0. The maximum atomic E-state index is 11.9. The monoisotopic (exact) mass is 294 g/mol. The van der Waals surface area contributed by atoms with Crippen molar-refractivity contribution in [2.45, 2.75) is 51.3 Å². The molecule has 6 nitrogen and oxygen atoms in total. The first kappa shape index (κ1) is 18.5.